The van der Waals surface area contributed by atoms with Gasteiger partial charge in [-0.2, -0.15) is 0 Å². The monoisotopic (exact) mass is 352 g/mol. The van der Waals surface area contributed by atoms with Crippen LogP contribution in [0.1, 0.15) is 12.8 Å². The summed E-state index contributed by atoms with van der Waals surface area (Å²) in [7, 11) is 0. The summed E-state index contributed by atoms with van der Waals surface area (Å²) in [6, 6.07) is 0. The van der Waals surface area contributed by atoms with Crippen molar-refractivity contribution in [3.8, 4) is 0 Å². The van der Waals surface area contributed by atoms with E-state index in [2.05, 4.69) is 24.3 Å². The first-order chi connectivity index (χ1) is 12.6. The zero-order valence-electron chi connectivity index (χ0n) is 14.3. The van der Waals surface area contributed by atoms with Crippen molar-refractivity contribution in [1.82, 2.24) is 9.80 Å². The van der Waals surface area contributed by atoms with Crippen molar-refractivity contribution in [1.29, 1.82) is 0 Å². The quantitative estimate of drug-likeness (QED) is 0.551. The Kier molecular flexibility index (Phi) is 2.70. The van der Waals surface area contributed by atoms with E-state index in [0.29, 0.717) is 0 Å². The van der Waals surface area contributed by atoms with Gasteiger partial charge >= 0.3 is 0 Å². The molecule has 6 heteroatoms. The van der Waals surface area contributed by atoms with Crippen molar-refractivity contribution >= 4 is 23.6 Å². The third-order valence-electron chi connectivity index (χ3n) is 7.67. The minimum absolute atomic E-state index is 0.113. The number of nitrogens with zero attached hydrogens (tertiary/aromatic N) is 2. The second kappa shape index (κ2) is 4.72. The molecule has 0 unspecified atom stereocenters. The second-order valence-corrected chi connectivity index (χ2v) is 8.66. The van der Waals surface area contributed by atoms with Gasteiger partial charge in [-0.05, 0) is 36.5 Å². The van der Waals surface area contributed by atoms with Gasteiger partial charge in [-0.25, -0.2) is 0 Å². The Bertz CT molecular complexity index is 702. The predicted octanol–water partition coefficient (Wildman–Crippen LogP) is 0.601. The Hall–Kier alpha value is -2.24. The average Bonchev–Trinajstić information content (AvgIpc) is 3.43. The fourth-order valence-corrected chi connectivity index (χ4v) is 6.57. The molecule has 6 aliphatic rings. The normalized spacial score (nSPS) is 47.1. The molecule has 0 aromatic carbocycles. The van der Waals surface area contributed by atoms with E-state index in [1.165, 1.54) is 9.80 Å². The van der Waals surface area contributed by atoms with Crippen LogP contribution in [-0.2, 0) is 19.2 Å². The van der Waals surface area contributed by atoms with Crippen LogP contribution in [0.15, 0.2) is 24.3 Å². The van der Waals surface area contributed by atoms with Crippen LogP contribution in [0.2, 0.25) is 0 Å². The Balaban J connectivity index is 1.19. The van der Waals surface area contributed by atoms with Gasteiger partial charge in [0, 0.05) is 13.1 Å². The highest BCUT2D eigenvalue weighted by Gasteiger charge is 2.61. The first kappa shape index (κ1) is 14.9. The van der Waals surface area contributed by atoms with E-state index in [0.717, 1.165) is 12.8 Å². The molecule has 0 spiro atoms. The molecule has 0 N–H and O–H groups in total. The molecule has 0 radical (unpaired) electrons. The first-order valence-corrected chi connectivity index (χ1v) is 9.63. The summed E-state index contributed by atoms with van der Waals surface area (Å²) < 4.78 is 0. The molecule has 2 saturated carbocycles. The average molecular weight is 352 g/mol. The molecule has 0 aromatic rings. The van der Waals surface area contributed by atoms with Gasteiger partial charge in [0.2, 0.25) is 23.6 Å². The van der Waals surface area contributed by atoms with E-state index in [-0.39, 0.29) is 84.1 Å². The Morgan fingerprint density at radius 3 is 1.12 bits per heavy atom. The fraction of sp³-hybridized carbons (Fsp3) is 0.600. The molecule has 4 fully saturated rings. The summed E-state index contributed by atoms with van der Waals surface area (Å²) in [5.41, 5.74) is 0. The van der Waals surface area contributed by atoms with Crippen molar-refractivity contribution in [2.24, 2.45) is 47.3 Å². The number of hydrogen-bond donors (Lipinski definition) is 0. The van der Waals surface area contributed by atoms with E-state index in [4.69, 9.17) is 0 Å². The summed E-state index contributed by atoms with van der Waals surface area (Å²) >= 11 is 0. The van der Waals surface area contributed by atoms with E-state index >= 15 is 0 Å². The smallest absolute Gasteiger partial charge is 0.233 e. The number of carbonyl (C=O) groups is 4. The number of likely N-dealkylation sites (tertiary alicyclic amines) is 2. The van der Waals surface area contributed by atoms with Crippen LogP contribution in [0.3, 0.4) is 0 Å². The number of amides is 4. The third kappa shape index (κ3) is 1.59. The van der Waals surface area contributed by atoms with Crippen molar-refractivity contribution < 1.29 is 19.2 Å². The molecule has 6 nitrogen and oxygen atoms in total. The minimum Gasteiger partial charge on any atom is -0.280 e. The maximum Gasteiger partial charge on any atom is 0.233 e. The van der Waals surface area contributed by atoms with E-state index in [1.54, 1.807) is 0 Å². The summed E-state index contributed by atoms with van der Waals surface area (Å²) in [4.78, 5) is 53.6. The number of fused-ring (bicyclic) bond motifs is 10. The van der Waals surface area contributed by atoms with Crippen molar-refractivity contribution in [2.75, 3.05) is 13.1 Å². The number of imide groups is 2. The Morgan fingerprint density at radius 2 is 0.846 bits per heavy atom. The Morgan fingerprint density at radius 1 is 0.577 bits per heavy atom. The van der Waals surface area contributed by atoms with Crippen molar-refractivity contribution in [3.63, 3.8) is 0 Å². The molecule has 26 heavy (non-hydrogen) atoms. The highest BCUT2D eigenvalue weighted by Crippen LogP contribution is 2.53. The highest BCUT2D eigenvalue weighted by atomic mass is 16.2. The first-order valence-electron chi connectivity index (χ1n) is 9.63. The third-order valence-corrected chi connectivity index (χ3v) is 7.67. The van der Waals surface area contributed by atoms with Crippen LogP contribution in [0, 0.1) is 47.3 Å². The largest absolute Gasteiger partial charge is 0.280 e. The molecular formula is C20H20N2O4. The van der Waals surface area contributed by atoms with Crippen LogP contribution in [0.25, 0.3) is 0 Å². The molecule has 2 heterocycles. The summed E-state index contributed by atoms with van der Waals surface area (Å²) in [5, 5.41) is 0. The van der Waals surface area contributed by atoms with Gasteiger partial charge in [-0.3, -0.25) is 29.0 Å². The van der Waals surface area contributed by atoms with Crippen LogP contribution >= 0.6 is 0 Å². The van der Waals surface area contributed by atoms with Crippen LogP contribution < -0.4 is 0 Å². The maximum atomic E-state index is 12.7. The Labute approximate surface area is 150 Å². The zero-order valence-corrected chi connectivity index (χ0v) is 14.3. The van der Waals surface area contributed by atoms with Crippen molar-refractivity contribution in [3.05, 3.63) is 24.3 Å². The van der Waals surface area contributed by atoms with Crippen LogP contribution in [0.4, 0.5) is 0 Å². The standard InChI is InChI=1S/C20H20N2O4/c23-17-13-9-1-2-10(7-9)14(13)18(24)21(17)5-6-22-19(25)15-11-3-4-12(8-11)16(15)20(22)26/h1-4,9-16H,5-8H2/t9-,10-,11-,12-,13+,14+,15+,16+/m0/s1. The summed E-state index contributed by atoms with van der Waals surface area (Å²) in [6.07, 6.45) is 10.1. The molecule has 6 rings (SSSR count). The lowest BCUT2D eigenvalue weighted by molar-refractivity contribution is -0.146. The predicted molar refractivity (Wildman–Crippen MR) is 88.9 cm³/mol. The van der Waals surface area contributed by atoms with Gasteiger partial charge in [0.1, 0.15) is 0 Å². The lowest BCUT2D eigenvalue weighted by Crippen LogP contribution is -2.42. The fourth-order valence-electron chi connectivity index (χ4n) is 6.57. The van der Waals surface area contributed by atoms with E-state index < -0.39 is 0 Å². The number of hydrogen-bond acceptors (Lipinski definition) is 4. The van der Waals surface area contributed by atoms with Gasteiger partial charge < -0.3 is 0 Å². The molecule has 4 amide bonds. The van der Waals surface area contributed by atoms with Crippen molar-refractivity contribution in [2.45, 2.75) is 12.8 Å². The van der Waals surface area contributed by atoms with Gasteiger partial charge in [-0.15, -0.1) is 0 Å². The maximum absolute atomic E-state index is 12.7. The number of carbonyl (C=O) groups excluding carboxylic acids is 4. The second-order valence-electron chi connectivity index (χ2n) is 8.66. The number of rotatable bonds is 3. The summed E-state index contributed by atoms with van der Waals surface area (Å²) in [5.74, 6) is -0.602. The molecule has 2 aliphatic heterocycles. The van der Waals surface area contributed by atoms with Gasteiger partial charge in [-0.1, -0.05) is 24.3 Å². The van der Waals surface area contributed by atoms with Gasteiger partial charge in [0.25, 0.3) is 0 Å². The topological polar surface area (TPSA) is 74.8 Å². The zero-order chi connectivity index (χ0) is 17.7. The number of allylic oxidation sites excluding steroid dienone is 4. The van der Waals surface area contributed by atoms with Crippen LogP contribution in [-0.4, -0.2) is 46.5 Å². The minimum atomic E-state index is -0.220. The molecule has 8 atom stereocenters. The molecule has 4 bridgehead atoms. The molecule has 134 valence electrons. The van der Waals surface area contributed by atoms with Gasteiger partial charge in [0.15, 0.2) is 0 Å². The highest BCUT2D eigenvalue weighted by molar-refractivity contribution is 6.08. The molecule has 2 saturated heterocycles. The lowest BCUT2D eigenvalue weighted by Gasteiger charge is -2.22. The molecular weight excluding hydrogens is 332 g/mol. The van der Waals surface area contributed by atoms with E-state index in [1.807, 2.05) is 0 Å². The summed E-state index contributed by atoms with van der Waals surface area (Å²) in [6.45, 7) is 0.285. The lowest BCUT2D eigenvalue weighted by atomic mass is 9.85. The van der Waals surface area contributed by atoms with Gasteiger partial charge in [0.05, 0.1) is 23.7 Å². The van der Waals surface area contributed by atoms with E-state index in [9.17, 15) is 19.2 Å². The molecule has 4 aliphatic carbocycles. The molecule has 0 aromatic heterocycles. The van der Waals surface area contributed by atoms with Crippen LogP contribution in [0.5, 0.6) is 0 Å². The SMILES string of the molecule is O=C1[C@H]2[C@H](C(=O)N1CCN1C(=O)[C@H]3[C@H](C1=O)[C@H]1C=C[C@H]3C1)[C@H]1C=C[C@H]2C1.